The van der Waals surface area contributed by atoms with Crippen LogP contribution in [0, 0.1) is 23.1 Å². The molecule has 42 heavy (non-hydrogen) atoms. The molecule has 1 N–H and O–H groups in total. The number of furan rings is 1. The highest BCUT2D eigenvalue weighted by Gasteiger charge is 2.52. The van der Waals surface area contributed by atoms with Gasteiger partial charge in [0.2, 0.25) is 5.91 Å². The van der Waals surface area contributed by atoms with Crippen molar-refractivity contribution in [2.75, 3.05) is 33.2 Å². The molecule has 0 radical (unpaired) electrons. The minimum Gasteiger partial charge on any atom is -0.451 e. The van der Waals surface area contributed by atoms with Gasteiger partial charge in [0.05, 0.1) is 6.07 Å². The Kier molecular flexibility index (Phi) is 8.28. The molecule has 3 aliphatic rings. The van der Waals surface area contributed by atoms with Gasteiger partial charge >= 0.3 is 6.09 Å². The van der Waals surface area contributed by atoms with E-state index < -0.39 is 35.5 Å². The Morgan fingerprint density at radius 1 is 1.14 bits per heavy atom. The lowest BCUT2D eigenvalue weighted by Crippen LogP contribution is -2.55. The number of hydrogen-bond acceptors (Lipinski definition) is 7. The minimum absolute atomic E-state index is 0.000739. The Balaban J connectivity index is 1.23. The van der Waals surface area contributed by atoms with E-state index in [2.05, 4.69) is 16.3 Å². The monoisotopic (exact) mass is 579 g/mol. The molecule has 2 saturated heterocycles. The van der Waals surface area contributed by atoms with Crippen LogP contribution in [0.4, 0.5) is 9.18 Å². The number of benzene rings is 1. The number of carbonyl (C=O) groups is 3. The molecule has 3 amide bonds. The molecular weight excluding hydrogens is 541 g/mol. The molecule has 1 aromatic carbocycles. The number of amides is 3. The van der Waals surface area contributed by atoms with E-state index in [-0.39, 0.29) is 35.6 Å². The fourth-order valence-corrected chi connectivity index (χ4v) is 6.15. The number of piperidine rings is 1. The Labute approximate surface area is 245 Å². The summed E-state index contributed by atoms with van der Waals surface area (Å²) in [6.07, 6.45) is 1.78. The van der Waals surface area contributed by atoms with Gasteiger partial charge in [-0.3, -0.25) is 14.5 Å². The highest BCUT2D eigenvalue weighted by molar-refractivity contribution is 5.92. The second kappa shape index (κ2) is 11.8. The molecule has 0 unspecified atom stereocenters. The number of nitriles is 1. The van der Waals surface area contributed by atoms with Crippen molar-refractivity contribution >= 4 is 17.9 Å². The number of likely N-dealkylation sites (N-methyl/N-ethyl adjacent to an activating group) is 1. The summed E-state index contributed by atoms with van der Waals surface area (Å²) in [5, 5.41) is 12.5. The number of fused-ring (bicyclic) bond motifs is 2. The molecule has 11 heteroatoms. The van der Waals surface area contributed by atoms with Crippen LogP contribution < -0.4 is 5.32 Å². The van der Waals surface area contributed by atoms with E-state index in [1.165, 1.54) is 11.0 Å². The zero-order valence-electron chi connectivity index (χ0n) is 24.6. The molecule has 1 saturated carbocycles. The number of ether oxygens (including phenoxy) is 1. The Bertz CT molecular complexity index is 1390. The van der Waals surface area contributed by atoms with Crippen LogP contribution in [0.5, 0.6) is 0 Å². The smallest absolute Gasteiger partial charge is 0.411 e. The average Bonchev–Trinajstić information content (AvgIpc) is 3.69. The Morgan fingerprint density at radius 3 is 2.55 bits per heavy atom. The van der Waals surface area contributed by atoms with E-state index in [1.807, 2.05) is 7.05 Å². The number of carbonyl (C=O) groups excluding carboxylic acids is 3. The first kappa shape index (κ1) is 29.6. The second-order valence-corrected chi connectivity index (χ2v) is 12.5. The first-order valence-corrected chi connectivity index (χ1v) is 14.5. The number of nitrogens with zero attached hydrogens (tertiary/aromatic N) is 4. The maximum Gasteiger partial charge on any atom is 0.411 e. The van der Waals surface area contributed by atoms with Gasteiger partial charge in [0.15, 0.2) is 5.76 Å². The number of likely N-dealkylation sites (tertiary alicyclic amines) is 1. The number of piperazine rings is 1. The molecule has 2 aliphatic heterocycles. The molecule has 4 atom stereocenters. The fraction of sp³-hybridized carbons (Fsp3) is 0.548. The Hall–Kier alpha value is -3.91. The molecule has 5 rings (SSSR count). The molecule has 1 aliphatic carbocycles. The van der Waals surface area contributed by atoms with Crippen molar-refractivity contribution in [3.8, 4) is 17.4 Å². The van der Waals surface area contributed by atoms with Crippen molar-refractivity contribution in [1.29, 1.82) is 5.26 Å². The van der Waals surface area contributed by atoms with Crippen LogP contribution in [0.2, 0.25) is 0 Å². The van der Waals surface area contributed by atoms with Gasteiger partial charge in [0.1, 0.15) is 29.3 Å². The standard InChI is InChI=1S/C31H38FN5O5/c1-31(2,3)42-30(40)37-23-8-7-21(16-23)27(37)28(38)34-22(18-33)15-19-5-6-20(17-24(19)32)25-9-10-26(41-25)29(39)36-13-11-35(4)12-14-36/h5-6,9-10,17,21-23,27H,7-8,11-16H2,1-4H3,(H,34,38)/t21-,22-,23+,27-/m0/s1. The lowest BCUT2D eigenvalue weighted by atomic mass is 9.97. The van der Waals surface area contributed by atoms with Gasteiger partial charge in [0.25, 0.3) is 5.91 Å². The molecule has 224 valence electrons. The van der Waals surface area contributed by atoms with Crippen LogP contribution in [-0.2, 0) is 16.0 Å². The number of hydrogen-bond donors (Lipinski definition) is 1. The number of nitrogens with one attached hydrogen (secondary N) is 1. The SMILES string of the molecule is CN1CCN(C(=O)c2ccc(-c3ccc(C[C@@H](C#N)NC(=O)[C@@H]4[C@H]5CC[C@H](C5)N4C(=O)OC(C)(C)C)c(F)c3)o2)CC1. The van der Waals surface area contributed by atoms with E-state index in [1.54, 1.807) is 49.9 Å². The van der Waals surface area contributed by atoms with Crippen molar-refractivity contribution in [2.24, 2.45) is 5.92 Å². The summed E-state index contributed by atoms with van der Waals surface area (Å²) in [5.74, 6) is -0.613. The van der Waals surface area contributed by atoms with E-state index in [9.17, 15) is 19.6 Å². The van der Waals surface area contributed by atoms with Crippen LogP contribution in [0.3, 0.4) is 0 Å². The van der Waals surface area contributed by atoms with Gasteiger partial charge in [-0.15, -0.1) is 0 Å². The first-order valence-electron chi connectivity index (χ1n) is 14.5. The summed E-state index contributed by atoms with van der Waals surface area (Å²) in [6.45, 7) is 8.15. The summed E-state index contributed by atoms with van der Waals surface area (Å²) in [4.78, 5) is 44.5. The van der Waals surface area contributed by atoms with Crippen molar-refractivity contribution in [1.82, 2.24) is 20.0 Å². The molecule has 2 aromatic rings. The van der Waals surface area contributed by atoms with Crippen molar-refractivity contribution < 1.29 is 27.9 Å². The topological polar surface area (TPSA) is 119 Å². The van der Waals surface area contributed by atoms with Crippen molar-refractivity contribution in [3.63, 3.8) is 0 Å². The van der Waals surface area contributed by atoms with Crippen LogP contribution in [0.25, 0.3) is 11.3 Å². The van der Waals surface area contributed by atoms with Gasteiger partial charge in [-0.1, -0.05) is 12.1 Å². The minimum atomic E-state index is -0.992. The number of halogens is 1. The van der Waals surface area contributed by atoms with E-state index >= 15 is 4.39 Å². The molecular formula is C31H38FN5O5. The maximum atomic E-state index is 15.2. The summed E-state index contributed by atoms with van der Waals surface area (Å²) in [5.41, 5.74) is 0.0138. The van der Waals surface area contributed by atoms with Crippen molar-refractivity contribution in [3.05, 3.63) is 47.5 Å². The molecule has 3 fully saturated rings. The lowest BCUT2D eigenvalue weighted by Gasteiger charge is -2.35. The van der Waals surface area contributed by atoms with Gasteiger partial charge in [0, 0.05) is 44.2 Å². The van der Waals surface area contributed by atoms with Gasteiger partial charge < -0.3 is 24.3 Å². The largest absolute Gasteiger partial charge is 0.451 e. The van der Waals surface area contributed by atoms with Gasteiger partial charge in [-0.2, -0.15) is 5.26 Å². The zero-order chi connectivity index (χ0) is 30.2. The van der Waals surface area contributed by atoms with Gasteiger partial charge in [-0.05, 0) is 76.8 Å². The normalized spacial score (nSPS) is 23.0. The predicted octanol–water partition coefficient (Wildman–Crippen LogP) is 3.81. The third kappa shape index (κ3) is 6.28. The first-order chi connectivity index (χ1) is 19.9. The number of rotatable bonds is 6. The second-order valence-electron chi connectivity index (χ2n) is 12.5. The van der Waals surface area contributed by atoms with Crippen LogP contribution in [0.1, 0.15) is 56.2 Å². The predicted molar refractivity (Wildman–Crippen MR) is 152 cm³/mol. The highest BCUT2D eigenvalue weighted by atomic mass is 19.1. The van der Waals surface area contributed by atoms with E-state index in [0.29, 0.717) is 24.4 Å². The quantitative estimate of drug-likeness (QED) is 0.553. The van der Waals surface area contributed by atoms with Crippen LogP contribution >= 0.6 is 0 Å². The molecule has 3 heterocycles. The lowest BCUT2D eigenvalue weighted by molar-refractivity contribution is -0.128. The maximum absolute atomic E-state index is 15.2. The third-order valence-electron chi connectivity index (χ3n) is 8.30. The average molecular weight is 580 g/mol. The zero-order valence-corrected chi connectivity index (χ0v) is 24.6. The molecule has 1 aromatic heterocycles. The molecule has 0 spiro atoms. The summed E-state index contributed by atoms with van der Waals surface area (Å²) < 4.78 is 26.5. The molecule has 2 bridgehead atoms. The summed E-state index contributed by atoms with van der Waals surface area (Å²) >= 11 is 0. The van der Waals surface area contributed by atoms with E-state index in [4.69, 9.17) is 9.15 Å². The molecule has 10 nitrogen and oxygen atoms in total. The fourth-order valence-electron chi connectivity index (χ4n) is 6.15. The summed E-state index contributed by atoms with van der Waals surface area (Å²) in [7, 11) is 2.01. The van der Waals surface area contributed by atoms with Crippen LogP contribution in [-0.4, -0.2) is 89.6 Å². The Morgan fingerprint density at radius 2 is 1.88 bits per heavy atom. The van der Waals surface area contributed by atoms with Gasteiger partial charge in [-0.25, -0.2) is 9.18 Å². The van der Waals surface area contributed by atoms with E-state index in [0.717, 1.165) is 32.4 Å². The van der Waals surface area contributed by atoms with Crippen LogP contribution in [0.15, 0.2) is 34.7 Å². The summed E-state index contributed by atoms with van der Waals surface area (Å²) in [6, 6.07) is 8.04. The highest BCUT2D eigenvalue weighted by Crippen LogP contribution is 2.43. The third-order valence-corrected chi connectivity index (χ3v) is 8.30. The van der Waals surface area contributed by atoms with Crippen molar-refractivity contribution in [2.45, 2.75) is 70.2 Å².